The molecular weight excluding hydrogens is 156 g/mol. The van der Waals surface area contributed by atoms with Crippen LogP contribution in [0.1, 0.15) is 52.4 Å². The molecular formula is C13H24. The summed E-state index contributed by atoms with van der Waals surface area (Å²) in [7, 11) is 0. The molecule has 13 heavy (non-hydrogen) atoms. The van der Waals surface area contributed by atoms with E-state index in [4.69, 9.17) is 0 Å². The van der Waals surface area contributed by atoms with Crippen LogP contribution in [0.5, 0.6) is 0 Å². The standard InChI is InChI=1S/C13H24/c1-5-7-8-9-11-13(4)12(3)10-6-2/h5,12H,1,4,6-11H2,2-3H3. The van der Waals surface area contributed by atoms with Gasteiger partial charge in [-0.05, 0) is 38.0 Å². The average Bonchev–Trinajstić information content (AvgIpc) is 2.12. The molecule has 0 N–H and O–H groups in total. The molecule has 0 saturated heterocycles. The van der Waals surface area contributed by atoms with E-state index in [0.717, 1.165) is 6.42 Å². The molecule has 0 aromatic carbocycles. The van der Waals surface area contributed by atoms with E-state index in [1.165, 1.54) is 37.7 Å². The molecule has 0 aliphatic heterocycles. The second-order valence-electron chi connectivity index (χ2n) is 3.88. The molecule has 0 spiro atoms. The molecule has 1 atom stereocenters. The van der Waals surface area contributed by atoms with Crippen LogP contribution in [0.3, 0.4) is 0 Å². The van der Waals surface area contributed by atoms with Gasteiger partial charge >= 0.3 is 0 Å². The minimum Gasteiger partial charge on any atom is -0.103 e. The van der Waals surface area contributed by atoms with Gasteiger partial charge in [0, 0.05) is 0 Å². The predicted molar refractivity (Wildman–Crippen MR) is 61.9 cm³/mol. The molecule has 1 unspecified atom stereocenters. The van der Waals surface area contributed by atoms with E-state index in [1.807, 2.05) is 6.08 Å². The van der Waals surface area contributed by atoms with E-state index >= 15 is 0 Å². The summed E-state index contributed by atoms with van der Waals surface area (Å²) >= 11 is 0. The summed E-state index contributed by atoms with van der Waals surface area (Å²) in [6.07, 6.45) is 9.45. The molecule has 0 aromatic rings. The SMILES string of the molecule is C=CCCCCC(=C)C(C)CCC. The number of allylic oxidation sites excluding steroid dienone is 2. The topological polar surface area (TPSA) is 0 Å². The molecule has 0 rings (SSSR count). The smallest absolute Gasteiger partial charge is 0.0234 e. The Bertz CT molecular complexity index is 144. The summed E-state index contributed by atoms with van der Waals surface area (Å²) in [5, 5.41) is 0. The lowest BCUT2D eigenvalue weighted by Crippen LogP contribution is -1.97. The highest BCUT2D eigenvalue weighted by atomic mass is 14.1. The summed E-state index contributed by atoms with van der Waals surface area (Å²) in [5.74, 6) is 0.716. The van der Waals surface area contributed by atoms with E-state index < -0.39 is 0 Å². The molecule has 0 heterocycles. The molecule has 0 aliphatic carbocycles. The van der Waals surface area contributed by atoms with E-state index in [0.29, 0.717) is 5.92 Å². The van der Waals surface area contributed by atoms with Crippen LogP contribution in [-0.2, 0) is 0 Å². The molecule has 0 bridgehead atoms. The Morgan fingerprint density at radius 2 is 2.08 bits per heavy atom. The Balaban J connectivity index is 3.43. The van der Waals surface area contributed by atoms with Crippen molar-refractivity contribution in [1.29, 1.82) is 0 Å². The van der Waals surface area contributed by atoms with E-state index in [1.54, 1.807) is 0 Å². The van der Waals surface area contributed by atoms with Gasteiger partial charge < -0.3 is 0 Å². The zero-order valence-corrected chi connectivity index (χ0v) is 9.31. The predicted octanol–water partition coefficient (Wildman–Crippen LogP) is 4.73. The van der Waals surface area contributed by atoms with Gasteiger partial charge in [-0.2, -0.15) is 0 Å². The lowest BCUT2D eigenvalue weighted by Gasteiger charge is -2.13. The summed E-state index contributed by atoms with van der Waals surface area (Å²) in [4.78, 5) is 0. The van der Waals surface area contributed by atoms with Crippen molar-refractivity contribution >= 4 is 0 Å². The average molecular weight is 180 g/mol. The van der Waals surface area contributed by atoms with Crippen molar-refractivity contribution < 1.29 is 0 Å². The van der Waals surface area contributed by atoms with Gasteiger partial charge in [0.25, 0.3) is 0 Å². The van der Waals surface area contributed by atoms with Crippen molar-refractivity contribution in [3.05, 3.63) is 24.8 Å². The number of hydrogen-bond donors (Lipinski definition) is 0. The highest BCUT2D eigenvalue weighted by Crippen LogP contribution is 2.20. The van der Waals surface area contributed by atoms with Crippen molar-refractivity contribution in [3.63, 3.8) is 0 Å². The fourth-order valence-electron chi connectivity index (χ4n) is 1.52. The second kappa shape index (κ2) is 8.10. The van der Waals surface area contributed by atoms with Gasteiger partial charge in [0.1, 0.15) is 0 Å². The summed E-state index contributed by atoms with van der Waals surface area (Å²) in [6.45, 7) is 12.4. The Morgan fingerprint density at radius 3 is 2.62 bits per heavy atom. The van der Waals surface area contributed by atoms with Gasteiger partial charge in [0.05, 0.1) is 0 Å². The zero-order valence-electron chi connectivity index (χ0n) is 9.31. The minimum absolute atomic E-state index is 0.716. The van der Waals surface area contributed by atoms with Gasteiger partial charge in [-0.15, -0.1) is 6.58 Å². The van der Waals surface area contributed by atoms with Gasteiger partial charge in [0.2, 0.25) is 0 Å². The van der Waals surface area contributed by atoms with Crippen LogP contribution in [0.4, 0.5) is 0 Å². The van der Waals surface area contributed by atoms with Gasteiger partial charge in [-0.1, -0.05) is 38.5 Å². The first-order valence-electron chi connectivity index (χ1n) is 5.50. The van der Waals surface area contributed by atoms with Crippen molar-refractivity contribution in [2.75, 3.05) is 0 Å². The number of hydrogen-bond acceptors (Lipinski definition) is 0. The monoisotopic (exact) mass is 180 g/mol. The van der Waals surface area contributed by atoms with Crippen LogP contribution in [0, 0.1) is 5.92 Å². The Hall–Kier alpha value is -0.520. The highest BCUT2D eigenvalue weighted by molar-refractivity contribution is 4.98. The first-order valence-corrected chi connectivity index (χ1v) is 5.50. The van der Waals surface area contributed by atoms with Crippen LogP contribution in [0.25, 0.3) is 0 Å². The van der Waals surface area contributed by atoms with Crippen molar-refractivity contribution in [2.24, 2.45) is 5.92 Å². The van der Waals surface area contributed by atoms with Crippen LogP contribution in [0.15, 0.2) is 24.8 Å². The molecule has 0 aliphatic rings. The first kappa shape index (κ1) is 12.5. The Morgan fingerprint density at radius 1 is 1.38 bits per heavy atom. The normalized spacial score (nSPS) is 12.5. The Kier molecular flexibility index (Phi) is 7.77. The fourth-order valence-corrected chi connectivity index (χ4v) is 1.52. The number of unbranched alkanes of at least 4 members (excludes halogenated alkanes) is 2. The first-order chi connectivity index (χ1) is 6.22. The molecule has 0 heteroatoms. The van der Waals surface area contributed by atoms with Crippen LogP contribution in [0.2, 0.25) is 0 Å². The summed E-state index contributed by atoms with van der Waals surface area (Å²) < 4.78 is 0. The quantitative estimate of drug-likeness (QED) is 0.374. The third-order valence-corrected chi connectivity index (χ3v) is 2.57. The molecule has 0 radical (unpaired) electrons. The maximum Gasteiger partial charge on any atom is -0.0234 e. The zero-order chi connectivity index (χ0) is 10.1. The van der Waals surface area contributed by atoms with Gasteiger partial charge in [0.15, 0.2) is 0 Å². The third-order valence-electron chi connectivity index (χ3n) is 2.57. The van der Waals surface area contributed by atoms with Crippen molar-refractivity contribution in [1.82, 2.24) is 0 Å². The number of rotatable bonds is 8. The van der Waals surface area contributed by atoms with Crippen LogP contribution < -0.4 is 0 Å². The highest BCUT2D eigenvalue weighted by Gasteiger charge is 2.04. The lowest BCUT2D eigenvalue weighted by molar-refractivity contribution is 0.567. The third kappa shape index (κ3) is 6.62. The molecule has 0 aromatic heterocycles. The molecule has 0 nitrogen and oxygen atoms in total. The molecule has 0 saturated carbocycles. The van der Waals surface area contributed by atoms with E-state index in [9.17, 15) is 0 Å². The summed E-state index contributed by atoms with van der Waals surface area (Å²) in [6, 6.07) is 0. The van der Waals surface area contributed by atoms with E-state index in [-0.39, 0.29) is 0 Å². The molecule has 0 fully saturated rings. The minimum atomic E-state index is 0.716. The maximum absolute atomic E-state index is 4.15. The van der Waals surface area contributed by atoms with Gasteiger partial charge in [-0.3, -0.25) is 0 Å². The van der Waals surface area contributed by atoms with Crippen molar-refractivity contribution in [3.8, 4) is 0 Å². The largest absolute Gasteiger partial charge is 0.103 e. The van der Waals surface area contributed by atoms with Gasteiger partial charge in [-0.25, -0.2) is 0 Å². The van der Waals surface area contributed by atoms with Crippen LogP contribution >= 0.6 is 0 Å². The fraction of sp³-hybridized carbons (Fsp3) is 0.692. The molecule has 0 amide bonds. The second-order valence-corrected chi connectivity index (χ2v) is 3.88. The maximum atomic E-state index is 4.15. The van der Waals surface area contributed by atoms with Crippen LogP contribution in [-0.4, -0.2) is 0 Å². The van der Waals surface area contributed by atoms with Crippen molar-refractivity contribution in [2.45, 2.75) is 52.4 Å². The lowest BCUT2D eigenvalue weighted by atomic mass is 9.93. The molecule has 76 valence electrons. The Labute approximate surface area is 83.7 Å². The summed E-state index contributed by atoms with van der Waals surface area (Å²) in [5.41, 5.74) is 1.44. The van der Waals surface area contributed by atoms with E-state index in [2.05, 4.69) is 27.0 Å².